The Morgan fingerprint density at radius 2 is 1.97 bits per heavy atom. The van der Waals surface area contributed by atoms with Crippen LogP contribution in [0.3, 0.4) is 0 Å². The number of hydrogen-bond donors (Lipinski definition) is 1. The monoisotopic (exact) mass is 448 g/mol. The summed E-state index contributed by atoms with van der Waals surface area (Å²) in [4.78, 5) is 18.6. The first kappa shape index (κ1) is 23.3. The van der Waals surface area contributed by atoms with Crippen LogP contribution in [0.4, 0.5) is 18.9 Å². The van der Waals surface area contributed by atoms with Crippen LogP contribution in [0.15, 0.2) is 53.1 Å². The molecule has 32 heavy (non-hydrogen) atoms. The van der Waals surface area contributed by atoms with E-state index in [4.69, 9.17) is 9.26 Å². The van der Waals surface area contributed by atoms with Crippen LogP contribution in [0.1, 0.15) is 31.3 Å². The van der Waals surface area contributed by atoms with Crippen molar-refractivity contribution in [2.24, 2.45) is 0 Å². The number of benzene rings is 2. The van der Waals surface area contributed by atoms with Gasteiger partial charge in [-0.1, -0.05) is 36.3 Å². The Balaban J connectivity index is 1.72. The first-order valence-corrected chi connectivity index (χ1v) is 9.91. The summed E-state index contributed by atoms with van der Waals surface area (Å²) in [5.41, 5.74) is -0.0510. The molecule has 0 radical (unpaired) electrons. The molecule has 0 saturated heterocycles. The van der Waals surface area contributed by atoms with Crippen molar-refractivity contribution < 1.29 is 27.2 Å². The second kappa shape index (κ2) is 9.82. The standard InChI is InChI=1S/C22H23F3N4O3/c1-4-29(13-19(30)26-17-10-5-6-11-18(17)31-3)14(2)21-27-20(28-32-21)15-8-7-9-16(12-15)22(23,24)25/h5-12,14H,4,13H2,1-3H3,(H,26,30). The molecule has 1 atom stereocenters. The summed E-state index contributed by atoms with van der Waals surface area (Å²) in [6.45, 7) is 4.19. The first-order valence-electron chi connectivity index (χ1n) is 9.91. The molecule has 0 aliphatic carbocycles. The Kier molecular flexibility index (Phi) is 7.14. The summed E-state index contributed by atoms with van der Waals surface area (Å²) < 4.78 is 49.5. The van der Waals surface area contributed by atoms with Crippen LogP contribution in [0, 0.1) is 0 Å². The van der Waals surface area contributed by atoms with Crippen molar-refractivity contribution in [1.82, 2.24) is 15.0 Å². The zero-order chi connectivity index (χ0) is 23.3. The number of ether oxygens (including phenoxy) is 1. The van der Waals surface area contributed by atoms with Crippen LogP contribution in [-0.4, -0.2) is 41.1 Å². The molecule has 7 nitrogen and oxygen atoms in total. The van der Waals surface area contributed by atoms with Crippen molar-refractivity contribution in [3.05, 3.63) is 60.0 Å². The van der Waals surface area contributed by atoms with E-state index in [-0.39, 0.29) is 29.7 Å². The largest absolute Gasteiger partial charge is 0.495 e. The maximum atomic E-state index is 13.0. The molecule has 1 amide bonds. The zero-order valence-electron chi connectivity index (χ0n) is 17.8. The number of likely N-dealkylation sites (N-methyl/N-ethyl adjacent to an activating group) is 1. The second-order valence-corrected chi connectivity index (χ2v) is 7.02. The minimum atomic E-state index is -4.47. The number of para-hydroxylation sites is 2. The highest BCUT2D eigenvalue weighted by molar-refractivity contribution is 5.93. The number of hydrogen-bond acceptors (Lipinski definition) is 6. The van der Waals surface area contributed by atoms with Gasteiger partial charge in [-0.05, 0) is 37.7 Å². The van der Waals surface area contributed by atoms with E-state index in [2.05, 4.69) is 15.5 Å². The molecule has 1 heterocycles. The molecule has 0 spiro atoms. The number of carbonyl (C=O) groups excluding carboxylic acids is 1. The first-order chi connectivity index (χ1) is 15.2. The van der Waals surface area contributed by atoms with E-state index in [1.165, 1.54) is 19.2 Å². The molecule has 0 bridgehead atoms. The molecule has 3 rings (SSSR count). The Hall–Kier alpha value is -3.40. The van der Waals surface area contributed by atoms with E-state index in [1.54, 1.807) is 36.1 Å². The number of nitrogens with zero attached hydrogens (tertiary/aromatic N) is 3. The van der Waals surface area contributed by atoms with Gasteiger partial charge in [0.1, 0.15) is 5.75 Å². The lowest BCUT2D eigenvalue weighted by Gasteiger charge is -2.24. The van der Waals surface area contributed by atoms with Crippen LogP contribution in [0.5, 0.6) is 5.75 Å². The predicted octanol–water partition coefficient (Wildman–Crippen LogP) is 4.79. The van der Waals surface area contributed by atoms with E-state index in [1.807, 2.05) is 6.92 Å². The lowest BCUT2D eigenvalue weighted by molar-refractivity contribution is -0.137. The van der Waals surface area contributed by atoms with Crippen LogP contribution < -0.4 is 10.1 Å². The Bertz CT molecular complexity index is 1070. The minimum absolute atomic E-state index is 0.0387. The number of methoxy groups -OCH3 is 1. The molecular weight excluding hydrogens is 425 g/mol. The molecule has 0 aliphatic heterocycles. The lowest BCUT2D eigenvalue weighted by atomic mass is 10.1. The van der Waals surface area contributed by atoms with Gasteiger partial charge in [0.25, 0.3) is 0 Å². The minimum Gasteiger partial charge on any atom is -0.495 e. The van der Waals surface area contributed by atoms with Crippen molar-refractivity contribution in [2.45, 2.75) is 26.1 Å². The molecule has 3 aromatic rings. The summed E-state index contributed by atoms with van der Waals surface area (Å²) in [7, 11) is 1.52. The SMILES string of the molecule is CCN(CC(=O)Nc1ccccc1OC)C(C)c1nc(-c2cccc(C(F)(F)F)c2)no1. The number of amides is 1. The molecule has 1 aromatic heterocycles. The van der Waals surface area contributed by atoms with Crippen molar-refractivity contribution in [3.8, 4) is 17.1 Å². The third-order valence-electron chi connectivity index (χ3n) is 4.93. The van der Waals surface area contributed by atoms with E-state index in [0.717, 1.165) is 12.1 Å². The molecule has 0 saturated carbocycles. The van der Waals surface area contributed by atoms with Crippen LogP contribution in [0.2, 0.25) is 0 Å². The van der Waals surface area contributed by atoms with Crippen molar-refractivity contribution in [1.29, 1.82) is 0 Å². The summed E-state index contributed by atoms with van der Waals surface area (Å²) in [5, 5.41) is 6.62. The van der Waals surface area contributed by atoms with Gasteiger partial charge in [-0.15, -0.1) is 0 Å². The highest BCUT2D eigenvalue weighted by atomic mass is 19.4. The highest BCUT2D eigenvalue weighted by Crippen LogP contribution is 2.32. The summed E-state index contributed by atoms with van der Waals surface area (Å²) >= 11 is 0. The molecule has 170 valence electrons. The molecule has 2 aromatic carbocycles. The van der Waals surface area contributed by atoms with E-state index < -0.39 is 17.8 Å². The molecule has 10 heteroatoms. The van der Waals surface area contributed by atoms with Gasteiger partial charge in [-0.3, -0.25) is 9.69 Å². The van der Waals surface area contributed by atoms with Gasteiger partial charge < -0.3 is 14.6 Å². The third kappa shape index (κ3) is 5.44. The third-order valence-corrected chi connectivity index (χ3v) is 4.93. The lowest BCUT2D eigenvalue weighted by Crippen LogP contribution is -2.35. The molecule has 1 N–H and O–H groups in total. The predicted molar refractivity (Wildman–Crippen MR) is 112 cm³/mol. The number of nitrogens with one attached hydrogen (secondary N) is 1. The average Bonchev–Trinajstić information content (AvgIpc) is 3.27. The van der Waals surface area contributed by atoms with Gasteiger partial charge in [0.2, 0.25) is 17.6 Å². The number of carbonyl (C=O) groups is 1. The van der Waals surface area contributed by atoms with Crippen LogP contribution in [0.25, 0.3) is 11.4 Å². The molecule has 0 aliphatic rings. The number of alkyl halides is 3. The molecule has 1 unspecified atom stereocenters. The Labute approximate surface area is 183 Å². The van der Waals surface area contributed by atoms with Gasteiger partial charge in [0.05, 0.1) is 30.9 Å². The fourth-order valence-electron chi connectivity index (χ4n) is 3.16. The average molecular weight is 448 g/mol. The summed E-state index contributed by atoms with van der Waals surface area (Å²) in [6, 6.07) is 11.3. The van der Waals surface area contributed by atoms with Crippen molar-refractivity contribution in [2.75, 3.05) is 25.5 Å². The van der Waals surface area contributed by atoms with E-state index in [0.29, 0.717) is 18.0 Å². The van der Waals surface area contributed by atoms with Crippen LogP contribution in [-0.2, 0) is 11.0 Å². The maximum Gasteiger partial charge on any atom is 0.416 e. The van der Waals surface area contributed by atoms with Gasteiger partial charge in [0.15, 0.2) is 0 Å². The van der Waals surface area contributed by atoms with Crippen molar-refractivity contribution >= 4 is 11.6 Å². The van der Waals surface area contributed by atoms with Gasteiger partial charge in [-0.2, -0.15) is 18.2 Å². The molecular formula is C22H23F3N4O3. The van der Waals surface area contributed by atoms with E-state index >= 15 is 0 Å². The summed E-state index contributed by atoms with van der Waals surface area (Å²) in [5.74, 6) is 0.525. The number of halogens is 3. The Morgan fingerprint density at radius 3 is 2.66 bits per heavy atom. The maximum absolute atomic E-state index is 13.0. The normalized spacial score (nSPS) is 12.6. The number of rotatable bonds is 8. The van der Waals surface area contributed by atoms with Crippen LogP contribution >= 0.6 is 0 Å². The molecule has 0 fully saturated rings. The van der Waals surface area contributed by atoms with Gasteiger partial charge >= 0.3 is 6.18 Å². The van der Waals surface area contributed by atoms with Gasteiger partial charge in [0, 0.05) is 5.56 Å². The van der Waals surface area contributed by atoms with Gasteiger partial charge in [-0.25, -0.2) is 0 Å². The topological polar surface area (TPSA) is 80.5 Å². The highest BCUT2D eigenvalue weighted by Gasteiger charge is 2.31. The fraction of sp³-hybridized carbons (Fsp3) is 0.318. The summed E-state index contributed by atoms with van der Waals surface area (Å²) in [6.07, 6.45) is -4.47. The zero-order valence-corrected chi connectivity index (χ0v) is 17.8. The fourth-order valence-corrected chi connectivity index (χ4v) is 3.16. The number of aromatic nitrogens is 2. The van der Waals surface area contributed by atoms with Crippen molar-refractivity contribution in [3.63, 3.8) is 0 Å². The second-order valence-electron chi connectivity index (χ2n) is 7.02. The number of anilines is 1. The van der Waals surface area contributed by atoms with E-state index in [9.17, 15) is 18.0 Å². The quantitative estimate of drug-likeness (QED) is 0.534. The smallest absolute Gasteiger partial charge is 0.416 e. The Morgan fingerprint density at radius 1 is 1.22 bits per heavy atom.